The highest BCUT2D eigenvalue weighted by molar-refractivity contribution is 9.13. The molecular weight excluding hydrogens is 296 g/mol. The average molecular weight is 312 g/mol. The molecule has 0 bridgehead atoms. The first-order valence-electron chi connectivity index (χ1n) is 4.68. The lowest BCUT2D eigenvalue weighted by atomic mass is 9.76. The number of hydrogen-bond acceptors (Lipinski definition) is 1. The minimum absolute atomic E-state index is 0.156. The van der Waals surface area contributed by atoms with Crippen molar-refractivity contribution in [1.82, 2.24) is 0 Å². The quantitative estimate of drug-likeness (QED) is 0.675. The largest absolute Gasteiger partial charge is 0.298 e. The third kappa shape index (κ3) is 2.17. The standard InChI is InChI=1S/C10H16Br2O/c1-7-4-5-10(12,8(13)6-7)9(2,3)11/h7H,4-6H2,1-3H3/t7-,10-/m1/s1. The van der Waals surface area contributed by atoms with Gasteiger partial charge in [0.05, 0.1) is 4.32 Å². The molecule has 13 heavy (non-hydrogen) atoms. The molecular formula is C10H16Br2O. The zero-order valence-corrected chi connectivity index (χ0v) is 11.5. The van der Waals surface area contributed by atoms with Gasteiger partial charge in [0, 0.05) is 10.7 Å². The first-order valence-corrected chi connectivity index (χ1v) is 6.27. The van der Waals surface area contributed by atoms with Gasteiger partial charge in [-0.05, 0) is 32.6 Å². The number of rotatable bonds is 1. The van der Waals surface area contributed by atoms with E-state index < -0.39 is 0 Å². The number of hydrogen-bond donors (Lipinski definition) is 0. The van der Waals surface area contributed by atoms with Gasteiger partial charge in [-0.3, -0.25) is 4.79 Å². The summed E-state index contributed by atoms with van der Waals surface area (Å²) in [7, 11) is 0. The molecule has 0 spiro atoms. The third-order valence-corrected chi connectivity index (χ3v) is 5.94. The Morgan fingerprint density at radius 3 is 2.46 bits per heavy atom. The lowest BCUT2D eigenvalue weighted by Gasteiger charge is -2.41. The summed E-state index contributed by atoms with van der Waals surface area (Å²) in [6.45, 7) is 6.25. The van der Waals surface area contributed by atoms with Gasteiger partial charge in [-0.1, -0.05) is 38.8 Å². The molecule has 1 aliphatic carbocycles. The fraction of sp³-hybridized carbons (Fsp3) is 0.900. The summed E-state index contributed by atoms with van der Waals surface area (Å²) in [5.74, 6) is 0.890. The van der Waals surface area contributed by atoms with Gasteiger partial charge < -0.3 is 0 Å². The van der Waals surface area contributed by atoms with Crippen molar-refractivity contribution in [3.05, 3.63) is 0 Å². The molecule has 0 amide bonds. The number of carbonyl (C=O) groups excluding carboxylic acids is 1. The fourth-order valence-corrected chi connectivity index (χ4v) is 2.60. The number of Topliss-reactive ketones (excluding diaryl/α,β-unsaturated/α-hetero) is 1. The van der Waals surface area contributed by atoms with Crippen LogP contribution in [0.5, 0.6) is 0 Å². The molecule has 0 heterocycles. The predicted octanol–water partition coefficient (Wildman–Crippen LogP) is 3.68. The zero-order valence-electron chi connectivity index (χ0n) is 8.36. The van der Waals surface area contributed by atoms with Crippen molar-refractivity contribution >= 4 is 37.6 Å². The minimum Gasteiger partial charge on any atom is -0.298 e. The van der Waals surface area contributed by atoms with E-state index in [1.807, 2.05) is 0 Å². The first-order chi connectivity index (χ1) is 5.77. The van der Waals surface area contributed by atoms with Gasteiger partial charge in [-0.2, -0.15) is 0 Å². The second-order valence-corrected chi connectivity index (χ2v) is 7.88. The molecule has 1 fully saturated rings. The summed E-state index contributed by atoms with van der Waals surface area (Å²) >= 11 is 7.20. The maximum Gasteiger partial charge on any atom is 0.151 e. The van der Waals surface area contributed by atoms with E-state index >= 15 is 0 Å². The molecule has 0 unspecified atom stereocenters. The molecule has 0 aromatic carbocycles. The summed E-state index contributed by atoms with van der Waals surface area (Å²) in [4.78, 5) is 11.9. The number of alkyl halides is 2. The van der Waals surface area contributed by atoms with Crippen LogP contribution >= 0.6 is 31.9 Å². The Morgan fingerprint density at radius 2 is 2.08 bits per heavy atom. The second-order valence-electron chi connectivity index (χ2n) is 4.54. The molecule has 0 N–H and O–H groups in total. The maximum absolute atomic E-state index is 11.9. The van der Waals surface area contributed by atoms with E-state index in [1.165, 1.54) is 0 Å². The van der Waals surface area contributed by atoms with Crippen LogP contribution in [0, 0.1) is 5.92 Å². The van der Waals surface area contributed by atoms with E-state index in [2.05, 4.69) is 52.6 Å². The molecule has 76 valence electrons. The minimum atomic E-state index is -0.355. The zero-order chi connectivity index (χ0) is 10.3. The molecule has 1 saturated carbocycles. The summed E-state index contributed by atoms with van der Waals surface area (Å²) in [6, 6.07) is 0. The molecule has 0 aromatic rings. The van der Waals surface area contributed by atoms with Crippen LogP contribution in [0.3, 0.4) is 0 Å². The first kappa shape index (κ1) is 11.7. The van der Waals surface area contributed by atoms with Crippen LogP contribution in [0.15, 0.2) is 0 Å². The molecule has 0 aliphatic heterocycles. The van der Waals surface area contributed by atoms with Gasteiger partial charge in [0.2, 0.25) is 0 Å². The smallest absolute Gasteiger partial charge is 0.151 e. The normalized spacial score (nSPS) is 36.4. The lowest BCUT2D eigenvalue weighted by Crippen LogP contribution is -2.50. The van der Waals surface area contributed by atoms with Crippen molar-refractivity contribution < 1.29 is 4.79 Å². The van der Waals surface area contributed by atoms with Gasteiger partial charge in [-0.25, -0.2) is 0 Å². The summed E-state index contributed by atoms with van der Waals surface area (Å²) in [5, 5.41) is 0. The molecule has 0 aromatic heterocycles. The number of halogens is 2. The SMILES string of the molecule is C[C@@H]1CC[C@](Br)(C(C)(C)Br)C(=O)C1. The van der Waals surface area contributed by atoms with Crippen molar-refractivity contribution in [3.8, 4) is 0 Å². The Morgan fingerprint density at radius 1 is 1.54 bits per heavy atom. The molecule has 3 heteroatoms. The van der Waals surface area contributed by atoms with E-state index in [1.54, 1.807) is 0 Å². The van der Waals surface area contributed by atoms with Crippen LogP contribution < -0.4 is 0 Å². The van der Waals surface area contributed by atoms with E-state index in [-0.39, 0.29) is 8.65 Å². The van der Waals surface area contributed by atoms with Crippen LogP contribution in [0.2, 0.25) is 0 Å². The van der Waals surface area contributed by atoms with E-state index in [0.29, 0.717) is 18.1 Å². The highest BCUT2D eigenvalue weighted by atomic mass is 79.9. The number of carbonyl (C=O) groups is 1. The Hall–Kier alpha value is 0.630. The van der Waals surface area contributed by atoms with E-state index in [0.717, 1.165) is 12.8 Å². The van der Waals surface area contributed by atoms with Gasteiger partial charge >= 0.3 is 0 Å². The highest BCUT2D eigenvalue weighted by Gasteiger charge is 2.49. The Bertz CT molecular complexity index is 219. The van der Waals surface area contributed by atoms with E-state index in [9.17, 15) is 4.79 Å². The molecule has 1 aliphatic rings. The monoisotopic (exact) mass is 310 g/mol. The summed E-state index contributed by atoms with van der Waals surface area (Å²) < 4.78 is -0.510. The van der Waals surface area contributed by atoms with E-state index in [4.69, 9.17) is 0 Å². The molecule has 0 saturated heterocycles. The second kappa shape index (κ2) is 3.65. The third-order valence-electron chi connectivity index (χ3n) is 2.90. The molecule has 1 rings (SSSR count). The lowest BCUT2D eigenvalue weighted by molar-refractivity contribution is -0.124. The van der Waals surface area contributed by atoms with Crippen LogP contribution in [0.1, 0.15) is 40.0 Å². The van der Waals surface area contributed by atoms with Crippen LogP contribution in [-0.2, 0) is 4.79 Å². The topological polar surface area (TPSA) is 17.1 Å². The summed E-state index contributed by atoms with van der Waals surface area (Å²) in [5.41, 5.74) is 0. The average Bonchev–Trinajstić information content (AvgIpc) is 1.95. The predicted molar refractivity (Wildman–Crippen MR) is 62.7 cm³/mol. The highest BCUT2D eigenvalue weighted by Crippen LogP contribution is 2.47. The van der Waals surface area contributed by atoms with Crippen LogP contribution in [0.25, 0.3) is 0 Å². The Labute approximate surface area is 96.9 Å². The fourth-order valence-electron chi connectivity index (χ4n) is 1.79. The van der Waals surface area contributed by atoms with Crippen molar-refractivity contribution in [1.29, 1.82) is 0 Å². The van der Waals surface area contributed by atoms with Crippen molar-refractivity contribution in [2.75, 3.05) is 0 Å². The number of ketones is 1. The van der Waals surface area contributed by atoms with Crippen LogP contribution in [-0.4, -0.2) is 14.4 Å². The Balaban J connectivity index is 2.86. The molecule has 1 nitrogen and oxygen atoms in total. The van der Waals surface area contributed by atoms with Crippen molar-refractivity contribution in [3.63, 3.8) is 0 Å². The van der Waals surface area contributed by atoms with Gasteiger partial charge in [0.1, 0.15) is 0 Å². The maximum atomic E-state index is 11.9. The molecule has 2 atom stereocenters. The van der Waals surface area contributed by atoms with Crippen molar-refractivity contribution in [2.45, 2.75) is 48.7 Å². The Kier molecular flexibility index (Phi) is 3.29. The molecule has 0 radical (unpaired) electrons. The van der Waals surface area contributed by atoms with Crippen LogP contribution in [0.4, 0.5) is 0 Å². The van der Waals surface area contributed by atoms with Gasteiger partial charge in [0.25, 0.3) is 0 Å². The van der Waals surface area contributed by atoms with Gasteiger partial charge in [0.15, 0.2) is 5.78 Å². The van der Waals surface area contributed by atoms with Gasteiger partial charge in [-0.15, -0.1) is 0 Å². The summed E-state index contributed by atoms with van der Waals surface area (Å²) in [6.07, 6.45) is 2.78. The van der Waals surface area contributed by atoms with Crippen molar-refractivity contribution in [2.24, 2.45) is 5.92 Å².